The highest BCUT2D eigenvalue weighted by Crippen LogP contribution is 2.26. The molecule has 1 fully saturated rings. The molecule has 1 aliphatic rings. The van der Waals surface area contributed by atoms with E-state index in [2.05, 4.69) is 10.6 Å². The second-order valence-corrected chi connectivity index (χ2v) is 7.22. The first-order chi connectivity index (χ1) is 9.37. The molecule has 0 spiro atoms. The van der Waals surface area contributed by atoms with Gasteiger partial charge in [-0.25, -0.2) is 8.42 Å². The summed E-state index contributed by atoms with van der Waals surface area (Å²) in [5.41, 5.74) is 1.01. The van der Waals surface area contributed by atoms with Crippen LogP contribution in [0.1, 0.15) is 12.0 Å². The molecule has 6 nitrogen and oxygen atoms in total. The zero-order valence-electron chi connectivity index (χ0n) is 11.2. The molecule has 0 saturated carbocycles. The Morgan fingerprint density at radius 2 is 2.25 bits per heavy atom. The van der Waals surface area contributed by atoms with Gasteiger partial charge >= 0.3 is 0 Å². The van der Waals surface area contributed by atoms with Crippen molar-refractivity contribution in [1.82, 2.24) is 5.32 Å². The van der Waals surface area contributed by atoms with Crippen LogP contribution in [0.2, 0.25) is 0 Å². The van der Waals surface area contributed by atoms with Gasteiger partial charge in [0.2, 0.25) is 5.91 Å². The number of phenols is 1. The van der Waals surface area contributed by atoms with Crippen LogP contribution in [0.25, 0.3) is 0 Å². The monoisotopic (exact) mass is 298 g/mol. The summed E-state index contributed by atoms with van der Waals surface area (Å²) in [4.78, 5) is 11.9. The SMILES string of the molecule is Cc1cccc(NC(=O)CC2CS(=O)(=O)CCN2)c1O. The summed E-state index contributed by atoms with van der Waals surface area (Å²) in [5, 5.41) is 15.4. The Labute approximate surface area is 118 Å². The Hall–Kier alpha value is -1.60. The molecule has 1 saturated heterocycles. The third kappa shape index (κ3) is 3.71. The third-order valence-electron chi connectivity index (χ3n) is 3.24. The van der Waals surface area contributed by atoms with E-state index >= 15 is 0 Å². The standard InChI is InChI=1S/C13H18N2O4S/c1-9-3-2-4-11(13(9)17)15-12(16)7-10-8-20(18,19)6-5-14-10/h2-4,10,14,17H,5-8H2,1H3,(H,15,16). The molecule has 1 unspecified atom stereocenters. The maximum absolute atomic E-state index is 11.9. The van der Waals surface area contributed by atoms with Gasteiger partial charge in [-0.2, -0.15) is 0 Å². The van der Waals surface area contributed by atoms with Crippen molar-refractivity contribution in [3.05, 3.63) is 23.8 Å². The number of sulfone groups is 1. The molecule has 0 radical (unpaired) electrons. The predicted molar refractivity (Wildman–Crippen MR) is 76.5 cm³/mol. The van der Waals surface area contributed by atoms with E-state index in [1.165, 1.54) is 0 Å². The average Bonchev–Trinajstić information content (AvgIpc) is 2.33. The minimum Gasteiger partial charge on any atom is -0.505 e. The van der Waals surface area contributed by atoms with E-state index in [1.807, 2.05) is 0 Å². The van der Waals surface area contributed by atoms with Crippen LogP contribution in [0.5, 0.6) is 5.75 Å². The van der Waals surface area contributed by atoms with Gasteiger partial charge in [-0.3, -0.25) is 4.79 Å². The van der Waals surface area contributed by atoms with Gasteiger partial charge in [0.15, 0.2) is 9.84 Å². The maximum atomic E-state index is 11.9. The van der Waals surface area contributed by atoms with Crippen LogP contribution in [0.15, 0.2) is 18.2 Å². The number of amides is 1. The molecule has 0 bridgehead atoms. The van der Waals surface area contributed by atoms with Crippen LogP contribution in [0.3, 0.4) is 0 Å². The fourth-order valence-corrected chi connectivity index (χ4v) is 3.63. The molecule has 1 aliphatic heterocycles. The highest BCUT2D eigenvalue weighted by Gasteiger charge is 2.26. The minimum absolute atomic E-state index is 0.0276. The highest BCUT2D eigenvalue weighted by atomic mass is 32.2. The number of para-hydroxylation sites is 1. The van der Waals surface area contributed by atoms with Crippen LogP contribution in [-0.2, 0) is 14.6 Å². The minimum atomic E-state index is -3.06. The van der Waals surface area contributed by atoms with Crippen LogP contribution >= 0.6 is 0 Å². The molecule has 0 aromatic heterocycles. The summed E-state index contributed by atoms with van der Waals surface area (Å²) in [7, 11) is -3.06. The van der Waals surface area contributed by atoms with Crippen molar-refractivity contribution in [2.75, 3.05) is 23.4 Å². The molecule has 1 amide bonds. The lowest BCUT2D eigenvalue weighted by Crippen LogP contribution is -2.46. The summed E-state index contributed by atoms with van der Waals surface area (Å²) in [6.45, 7) is 2.11. The second kappa shape index (κ2) is 5.80. The molecular formula is C13H18N2O4S. The molecule has 1 aromatic carbocycles. The molecule has 3 N–H and O–H groups in total. The van der Waals surface area contributed by atoms with Crippen molar-refractivity contribution in [2.45, 2.75) is 19.4 Å². The van der Waals surface area contributed by atoms with E-state index in [0.717, 1.165) is 0 Å². The summed E-state index contributed by atoms with van der Waals surface area (Å²) < 4.78 is 23.0. The number of rotatable bonds is 3. The average molecular weight is 298 g/mol. The third-order valence-corrected chi connectivity index (χ3v) is 4.98. The number of carbonyl (C=O) groups excluding carboxylic acids is 1. The number of carbonyl (C=O) groups is 1. The number of anilines is 1. The zero-order chi connectivity index (χ0) is 14.8. The van der Waals surface area contributed by atoms with Crippen molar-refractivity contribution < 1.29 is 18.3 Å². The Kier molecular flexibility index (Phi) is 4.29. The van der Waals surface area contributed by atoms with E-state index in [9.17, 15) is 18.3 Å². The van der Waals surface area contributed by atoms with Gasteiger partial charge in [0, 0.05) is 19.0 Å². The maximum Gasteiger partial charge on any atom is 0.226 e. The number of hydrogen-bond donors (Lipinski definition) is 3. The first-order valence-corrected chi connectivity index (χ1v) is 8.22. The van der Waals surface area contributed by atoms with Crippen LogP contribution in [0, 0.1) is 6.92 Å². The van der Waals surface area contributed by atoms with E-state index in [-0.39, 0.29) is 35.6 Å². The van der Waals surface area contributed by atoms with Gasteiger partial charge in [-0.1, -0.05) is 12.1 Å². The quantitative estimate of drug-likeness (QED) is 0.703. The molecule has 20 heavy (non-hydrogen) atoms. The molecule has 110 valence electrons. The number of nitrogens with one attached hydrogen (secondary N) is 2. The smallest absolute Gasteiger partial charge is 0.226 e. The van der Waals surface area contributed by atoms with Crippen LogP contribution < -0.4 is 10.6 Å². The lowest BCUT2D eigenvalue weighted by atomic mass is 10.1. The van der Waals surface area contributed by atoms with Crippen LogP contribution in [0.4, 0.5) is 5.69 Å². The van der Waals surface area contributed by atoms with E-state index in [0.29, 0.717) is 17.8 Å². The van der Waals surface area contributed by atoms with Gasteiger partial charge in [-0.05, 0) is 18.6 Å². The summed E-state index contributed by atoms with van der Waals surface area (Å²) in [5.74, 6) is -0.199. The lowest BCUT2D eigenvalue weighted by Gasteiger charge is -2.23. The fourth-order valence-electron chi connectivity index (χ4n) is 2.18. The largest absolute Gasteiger partial charge is 0.505 e. The number of aromatic hydroxyl groups is 1. The molecule has 1 atom stereocenters. The van der Waals surface area contributed by atoms with Crippen LogP contribution in [-0.4, -0.2) is 43.5 Å². The lowest BCUT2D eigenvalue weighted by molar-refractivity contribution is -0.116. The van der Waals surface area contributed by atoms with Crippen molar-refractivity contribution in [3.63, 3.8) is 0 Å². The topological polar surface area (TPSA) is 95.5 Å². The highest BCUT2D eigenvalue weighted by molar-refractivity contribution is 7.91. The van der Waals surface area contributed by atoms with Gasteiger partial charge in [0.1, 0.15) is 5.75 Å². The van der Waals surface area contributed by atoms with Gasteiger partial charge in [0.25, 0.3) is 0 Å². The molecule has 2 rings (SSSR count). The van der Waals surface area contributed by atoms with E-state index in [1.54, 1.807) is 25.1 Å². The summed E-state index contributed by atoms with van der Waals surface area (Å²) in [6, 6.07) is 4.69. The molecule has 0 aliphatic carbocycles. The predicted octanol–water partition coefficient (Wildman–Crippen LogP) is 0.416. The number of benzene rings is 1. The van der Waals surface area contributed by atoms with Gasteiger partial charge < -0.3 is 15.7 Å². The van der Waals surface area contributed by atoms with Crippen molar-refractivity contribution in [1.29, 1.82) is 0 Å². The van der Waals surface area contributed by atoms with E-state index in [4.69, 9.17) is 0 Å². The molecule has 1 aromatic rings. The van der Waals surface area contributed by atoms with Crippen molar-refractivity contribution >= 4 is 21.4 Å². The number of phenolic OH excluding ortho intramolecular Hbond substituents is 1. The van der Waals surface area contributed by atoms with Gasteiger partial charge in [0.05, 0.1) is 17.2 Å². The molecule has 1 heterocycles. The van der Waals surface area contributed by atoms with Gasteiger partial charge in [-0.15, -0.1) is 0 Å². The van der Waals surface area contributed by atoms with E-state index < -0.39 is 9.84 Å². The molecular weight excluding hydrogens is 280 g/mol. The Bertz CT molecular complexity index is 613. The summed E-state index contributed by atoms with van der Waals surface area (Å²) >= 11 is 0. The Morgan fingerprint density at radius 3 is 2.95 bits per heavy atom. The zero-order valence-corrected chi connectivity index (χ0v) is 12.0. The summed E-state index contributed by atoms with van der Waals surface area (Å²) in [6.07, 6.45) is 0.0621. The van der Waals surface area contributed by atoms with Crippen molar-refractivity contribution in [2.24, 2.45) is 0 Å². The Balaban J connectivity index is 1.97. The fraction of sp³-hybridized carbons (Fsp3) is 0.462. The van der Waals surface area contributed by atoms with Crippen molar-refractivity contribution in [3.8, 4) is 5.75 Å². The Morgan fingerprint density at radius 1 is 1.50 bits per heavy atom. The second-order valence-electron chi connectivity index (χ2n) is 4.99. The number of aryl methyl sites for hydroxylation is 1. The first-order valence-electron chi connectivity index (χ1n) is 6.39. The normalized spacial score (nSPS) is 21.4. The number of hydrogen-bond acceptors (Lipinski definition) is 5. The molecule has 7 heteroatoms. The first kappa shape index (κ1) is 14.8.